The first-order chi connectivity index (χ1) is 14.5. The second kappa shape index (κ2) is 10.0. The highest BCUT2D eigenvalue weighted by molar-refractivity contribution is 6.32. The minimum Gasteiger partial charge on any atom is -0.350 e. The number of nitrogens with two attached hydrogens (primary N) is 4. The third-order valence-corrected chi connectivity index (χ3v) is 4.54. The fourth-order valence-corrected chi connectivity index (χ4v) is 2.84. The lowest BCUT2D eigenvalue weighted by molar-refractivity contribution is 0.0945. The molecule has 1 atom stereocenters. The van der Waals surface area contributed by atoms with Crippen LogP contribution < -0.4 is 38.5 Å². The summed E-state index contributed by atoms with van der Waals surface area (Å²) in [5.41, 5.74) is 12.1. The number of anilines is 2. The number of aryl methyl sites for hydroxylation is 1. The Hall–Kier alpha value is -3.48. The molecule has 0 saturated carbocycles. The lowest BCUT2D eigenvalue weighted by Crippen LogP contribution is -2.46. The predicted octanol–water partition coefficient (Wildman–Crippen LogP) is 0.379. The minimum atomic E-state index is -1.14. The number of amides is 5. The largest absolute Gasteiger partial charge is 0.350 e. The second-order valence-electron chi connectivity index (χ2n) is 6.63. The first-order valence-corrected chi connectivity index (χ1v) is 9.32. The second-order valence-corrected chi connectivity index (χ2v) is 6.99. The topological polar surface area (TPSA) is 200 Å². The van der Waals surface area contributed by atoms with Crippen LogP contribution in [0.3, 0.4) is 0 Å². The molecule has 2 aromatic rings. The van der Waals surface area contributed by atoms with E-state index in [1.165, 1.54) is 0 Å². The van der Waals surface area contributed by atoms with Crippen LogP contribution in [0, 0.1) is 19.8 Å². The summed E-state index contributed by atoms with van der Waals surface area (Å²) >= 11 is 5.99. The summed E-state index contributed by atoms with van der Waals surface area (Å²) in [4.78, 5) is 43.3. The quantitative estimate of drug-likeness (QED) is 0.229. The molecule has 0 unspecified atom stereocenters. The predicted molar refractivity (Wildman–Crippen MR) is 116 cm³/mol. The average Bonchev–Trinajstić information content (AvgIpc) is 2.72. The van der Waals surface area contributed by atoms with Gasteiger partial charge in [0.2, 0.25) is 0 Å². The van der Waals surface area contributed by atoms with Crippen molar-refractivity contribution in [3.63, 3.8) is 0 Å². The van der Waals surface area contributed by atoms with Crippen molar-refractivity contribution in [1.82, 2.24) is 15.3 Å². The summed E-state index contributed by atoms with van der Waals surface area (Å²) in [7, 11) is 0. The molecule has 0 aliphatic rings. The number of benzene rings is 1. The van der Waals surface area contributed by atoms with Crippen molar-refractivity contribution in [2.75, 3.05) is 16.6 Å². The van der Waals surface area contributed by atoms with Crippen LogP contribution in [0.5, 0.6) is 0 Å². The van der Waals surface area contributed by atoms with Gasteiger partial charge in [-0.15, -0.1) is 0 Å². The highest BCUT2D eigenvalue weighted by Crippen LogP contribution is 2.25. The van der Waals surface area contributed by atoms with Gasteiger partial charge < -0.3 is 16.8 Å². The Labute approximate surface area is 183 Å². The van der Waals surface area contributed by atoms with Gasteiger partial charge in [-0.3, -0.25) is 4.79 Å². The maximum atomic E-state index is 12.7. The summed E-state index contributed by atoms with van der Waals surface area (Å²) in [6, 6.07) is 5.56. The SMILES string of the molecule is [CH2][C@H](CNC(=O)c1nc(Cl)c(N(N)C(N)=O)nc1N(N)C(N)=O)Cc1ccccc1C. The summed E-state index contributed by atoms with van der Waals surface area (Å²) < 4.78 is 0. The van der Waals surface area contributed by atoms with Crippen molar-refractivity contribution in [3.05, 3.63) is 53.2 Å². The van der Waals surface area contributed by atoms with E-state index < -0.39 is 40.5 Å². The molecule has 1 heterocycles. The first-order valence-electron chi connectivity index (χ1n) is 8.94. The molecular weight excluding hydrogens is 426 g/mol. The summed E-state index contributed by atoms with van der Waals surface area (Å²) in [6.45, 7) is 6.20. The number of hydrazine groups is 2. The van der Waals surface area contributed by atoms with Gasteiger partial charge in [0, 0.05) is 6.54 Å². The number of hydrogen-bond acceptors (Lipinski definition) is 7. The third-order valence-electron chi connectivity index (χ3n) is 4.29. The van der Waals surface area contributed by atoms with Gasteiger partial charge in [-0.1, -0.05) is 35.9 Å². The summed E-state index contributed by atoms with van der Waals surface area (Å²) in [5.74, 6) is 9.26. The normalized spacial score (nSPS) is 11.5. The van der Waals surface area contributed by atoms with Crippen LogP contribution in [0.4, 0.5) is 21.2 Å². The molecule has 0 fully saturated rings. The zero-order valence-electron chi connectivity index (χ0n) is 16.7. The van der Waals surface area contributed by atoms with E-state index in [1.54, 1.807) is 0 Å². The maximum absolute atomic E-state index is 12.7. The van der Waals surface area contributed by atoms with E-state index in [-0.39, 0.29) is 12.5 Å². The Bertz CT molecular complexity index is 1000. The van der Waals surface area contributed by atoms with E-state index in [0.717, 1.165) is 11.1 Å². The van der Waals surface area contributed by atoms with Crippen LogP contribution in [-0.4, -0.2) is 34.5 Å². The van der Waals surface area contributed by atoms with Gasteiger partial charge in [-0.25, -0.2) is 41.3 Å². The number of urea groups is 2. The molecule has 12 nitrogen and oxygen atoms in total. The Kier molecular flexibility index (Phi) is 7.69. The molecular formula is C18H23ClN9O3. The van der Waals surface area contributed by atoms with Gasteiger partial charge >= 0.3 is 12.1 Å². The molecule has 0 spiro atoms. The van der Waals surface area contributed by atoms with Gasteiger partial charge in [0.15, 0.2) is 22.5 Å². The smallest absolute Gasteiger partial charge is 0.335 e. The van der Waals surface area contributed by atoms with Crippen LogP contribution in [0.15, 0.2) is 24.3 Å². The Morgan fingerprint density at radius 3 is 2.26 bits per heavy atom. The summed E-state index contributed by atoms with van der Waals surface area (Å²) in [6.07, 6.45) is 0.621. The molecule has 0 aliphatic heterocycles. The van der Waals surface area contributed by atoms with E-state index in [2.05, 4.69) is 22.2 Å². The Balaban J connectivity index is 2.25. The van der Waals surface area contributed by atoms with E-state index in [1.807, 2.05) is 31.2 Å². The molecule has 1 aromatic carbocycles. The number of hydrogen-bond donors (Lipinski definition) is 5. The third kappa shape index (κ3) is 5.78. The standard InChI is InChI=1S/C18H23ClN9O3/c1-9(7-11-6-4-3-5-10(11)2)8-24-16(29)12-14(27(22)17(20)30)26-15(13(19)25-12)28(23)18(21)31/h3-6,9H,1,7-8,22-23H2,2H3,(H2,20,30)(H2,21,31)(H,24,29)/t9-/m0/s1. The van der Waals surface area contributed by atoms with E-state index in [0.29, 0.717) is 16.4 Å². The Morgan fingerprint density at radius 1 is 1.10 bits per heavy atom. The zero-order valence-corrected chi connectivity index (χ0v) is 17.5. The van der Waals surface area contributed by atoms with Crippen molar-refractivity contribution >= 4 is 41.2 Å². The summed E-state index contributed by atoms with van der Waals surface area (Å²) in [5, 5.41) is 2.97. The number of nitrogens with one attached hydrogen (secondary N) is 1. The zero-order chi connectivity index (χ0) is 23.3. The van der Waals surface area contributed by atoms with Crippen LogP contribution in [0.1, 0.15) is 21.6 Å². The molecule has 5 amide bonds. The van der Waals surface area contributed by atoms with Crippen LogP contribution in [0.2, 0.25) is 5.15 Å². The average molecular weight is 449 g/mol. The van der Waals surface area contributed by atoms with E-state index in [4.69, 9.17) is 34.8 Å². The van der Waals surface area contributed by atoms with Gasteiger partial charge in [0.05, 0.1) is 0 Å². The van der Waals surface area contributed by atoms with Crippen LogP contribution in [0.25, 0.3) is 0 Å². The first kappa shape index (κ1) is 23.8. The number of carbonyl (C=O) groups is 3. The van der Waals surface area contributed by atoms with Gasteiger partial charge in [0.1, 0.15) is 0 Å². The lowest BCUT2D eigenvalue weighted by atomic mass is 9.97. The van der Waals surface area contributed by atoms with Crippen molar-refractivity contribution < 1.29 is 14.4 Å². The van der Waals surface area contributed by atoms with Gasteiger partial charge in [-0.05, 0) is 37.3 Å². The maximum Gasteiger partial charge on any atom is 0.335 e. The number of rotatable bonds is 7. The Morgan fingerprint density at radius 2 is 1.68 bits per heavy atom. The molecule has 13 heteroatoms. The van der Waals surface area contributed by atoms with Crippen molar-refractivity contribution in [2.45, 2.75) is 13.3 Å². The molecule has 0 saturated heterocycles. The van der Waals surface area contributed by atoms with Crippen molar-refractivity contribution in [1.29, 1.82) is 0 Å². The van der Waals surface area contributed by atoms with Crippen LogP contribution >= 0.6 is 11.6 Å². The molecule has 1 aromatic heterocycles. The van der Waals surface area contributed by atoms with Crippen LogP contribution in [-0.2, 0) is 6.42 Å². The molecule has 9 N–H and O–H groups in total. The van der Waals surface area contributed by atoms with Crippen molar-refractivity contribution in [2.24, 2.45) is 29.1 Å². The number of nitrogens with zero attached hydrogens (tertiary/aromatic N) is 4. The number of primary amides is 2. The van der Waals surface area contributed by atoms with E-state index in [9.17, 15) is 14.4 Å². The number of aromatic nitrogens is 2. The fourth-order valence-electron chi connectivity index (χ4n) is 2.62. The number of carbonyl (C=O) groups excluding carboxylic acids is 3. The van der Waals surface area contributed by atoms with Gasteiger partial charge in [0.25, 0.3) is 5.91 Å². The van der Waals surface area contributed by atoms with Crippen molar-refractivity contribution in [3.8, 4) is 0 Å². The van der Waals surface area contributed by atoms with E-state index >= 15 is 0 Å². The molecule has 31 heavy (non-hydrogen) atoms. The molecule has 2 rings (SSSR count). The number of halogens is 1. The molecule has 165 valence electrons. The molecule has 0 aliphatic carbocycles. The lowest BCUT2D eigenvalue weighted by Gasteiger charge is -2.20. The highest BCUT2D eigenvalue weighted by atomic mass is 35.5. The minimum absolute atomic E-state index is 0.171. The molecule has 1 radical (unpaired) electrons. The van der Waals surface area contributed by atoms with Gasteiger partial charge in [-0.2, -0.15) is 0 Å². The monoisotopic (exact) mass is 448 g/mol. The highest BCUT2D eigenvalue weighted by Gasteiger charge is 2.27. The fraction of sp³-hybridized carbons (Fsp3) is 0.222. The molecule has 0 bridgehead atoms.